The van der Waals surface area contributed by atoms with Crippen molar-refractivity contribution in [3.8, 4) is 0 Å². The zero-order valence-corrected chi connectivity index (χ0v) is 10.9. The van der Waals surface area contributed by atoms with Gasteiger partial charge in [0.1, 0.15) is 4.90 Å². The fourth-order valence-electron chi connectivity index (χ4n) is 1.22. The lowest BCUT2D eigenvalue weighted by Gasteiger charge is -2.09. The third-order valence-electron chi connectivity index (χ3n) is 1.95. The number of carbonyl (C=O) groups is 1. The molecule has 1 amide bonds. The summed E-state index contributed by atoms with van der Waals surface area (Å²) in [7, 11) is -3.98. The van der Waals surface area contributed by atoms with Crippen LogP contribution >= 0.6 is 0 Å². The molecule has 18 heavy (non-hydrogen) atoms. The quantitative estimate of drug-likeness (QED) is 0.651. The monoisotopic (exact) mass is 273 g/mol. The molecule has 7 nitrogen and oxygen atoms in total. The van der Waals surface area contributed by atoms with E-state index >= 15 is 0 Å². The van der Waals surface area contributed by atoms with Gasteiger partial charge in [-0.3, -0.25) is 9.59 Å². The van der Waals surface area contributed by atoms with Crippen LogP contribution in [0.4, 0.5) is 0 Å². The van der Waals surface area contributed by atoms with Crippen molar-refractivity contribution in [2.75, 3.05) is 6.54 Å². The smallest absolute Gasteiger partial charge is 0.246 e. The van der Waals surface area contributed by atoms with Crippen LogP contribution in [0.2, 0.25) is 0 Å². The Balaban J connectivity index is 2.76. The molecule has 0 saturated heterocycles. The number of pyridine rings is 1. The molecule has 0 radical (unpaired) electrons. The van der Waals surface area contributed by atoms with Gasteiger partial charge in [-0.2, -0.15) is 0 Å². The lowest BCUT2D eigenvalue weighted by molar-refractivity contribution is -0.120. The molecule has 3 N–H and O–H groups in total. The summed E-state index contributed by atoms with van der Waals surface area (Å²) >= 11 is 0. The van der Waals surface area contributed by atoms with Crippen molar-refractivity contribution in [1.82, 2.24) is 15.0 Å². The molecule has 0 unspecified atom stereocenters. The van der Waals surface area contributed by atoms with Gasteiger partial charge >= 0.3 is 0 Å². The summed E-state index contributed by atoms with van der Waals surface area (Å²) in [5, 5.41) is 2.53. The van der Waals surface area contributed by atoms with E-state index in [9.17, 15) is 18.0 Å². The highest BCUT2D eigenvalue weighted by molar-refractivity contribution is 7.89. The molecular formula is C10H15N3O4S. The molecule has 0 aliphatic heterocycles. The van der Waals surface area contributed by atoms with Crippen molar-refractivity contribution in [3.05, 3.63) is 28.7 Å². The first-order chi connectivity index (χ1) is 8.33. The molecule has 0 fully saturated rings. The Labute approximate surface area is 105 Å². The number of carbonyl (C=O) groups excluding carboxylic acids is 1. The lowest BCUT2D eigenvalue weighted by Crippen LogP contribution is -2.40. The first-order valence-corrected chi connectivity index (χ1v) is 6.77. The van der Waals surface area contributed by atoms with Crippen LogP contribution in [0.3, 0.4) is 0 Å². The first kappa shape index (κ1) is 14.4. The Kier molecular flexibility index (Phi) is 4.62. The topological polar surface area (TPSA) is 108 Å². The molecule has 0 bridgehead atoms. The summed E-state index contributed by atoms with van der Waals surface area (Å²) in [6.45, 7) is 3.11. The normalized spacial score (nSPS) is 11.5. The summed E-state index contributed by atoms with van der Waals surface area (Å²) in [5.74, 6) is -0.457. The number of sulfonamides is 1. The molecule has 0 aromatic carbocycles. The number of nitrogens with one attached hydrogen (secondary N) is 3. The number of amides is 1. The average molecular weight is 273 g/mol. The number of hydrogen-bond donors (Lipinski definition) is 3. The highest BCUT2D eigenvalue weighted by atomic mass is 32.2. The summed E-state index contributed by atoms with van der Waals surface area (Å²) in [6, 6.07) is 1.02. The van der Waals surface area contributed by atoms with Gasteiger partial charge in [0.2, 0.25) is 21.4 Å². The highest BCUT2D eigenvalue weighted by Gasteiger charge is 2.18. The zero-order chi connectivity index (χ0) is 13.8. The Morgan fingerprint density at radius 2 is 2.11 bits per heavy atom. The van der Waals surface area contributed by atoms with Gasteiger partial charge in [-0.15, -0.1) is 0 Å². The van der Waals surface area contributed by atoms with E-state index in [-0.39, 0.29) is 6.04 Å². The molecule has 1 aromatic heterocycles. The molecule has 100 valence electrons. The fraction of sp³-hybridized carbons (Fsp3) is 0.400. The van der Waals surface area contributed by atoms with E-state index in [4.69, 9.17) is 0 Å². The molecule has 8 heteroatoms. The second kappa shape index (κ2) is 5.78. The van der Waals surface area contributed by atoms with E-state index in [1.165, 1.54) is 6.20 Å². The minimum Gasteiger partial charge on any atom is -0.366 e. The zero-order valence-electron chi connectivity index (χ0n) is 10.1. The highest BCUT2D eigenvalue weighted by Crippen LogP contribution is 1.98. The van der Waals surface area contributed by atoms with Crippen LogP contribution in [0.25, 0.3) is 0 Å². The van der Waals surface area contributed by atoms with Gasteiger partial charge in [0.25, 0.3) is 0 Å². The summed E-state index contributed by atoms with van der Waals surface area (Å²) in [5.41, 5.74) is -0.634. The van der Waals surface area contributed by atoms with Crippen LogP contribution in [0.5, 0.6) is 0 Å². The Morgan fingerprint density at radius 1 is 1.44 bits per heavy atom. The van der Waals surface area contributed by atoms with E-state index < -0.39 is 32.8 Å². The van der Waals surface area contributed by atoms with Gasteiger partial charge in [-0.25, -0.2) is 13.1 Å². The van der Waals surface area contributed by atoms with Crippen LogP contribution < -0.4 is 15.5 Å². The molecule has 0 aliphatic rings. The standard InChI is InChI=1S/C10H15N3O4S/c1-7(2)13-10(15)6-12-18(16,17)9-5-11-4-3-8(9)14/h3-5,7,12H,6H2,1-2H3,(H,11,14)(H,13,15). The molecule has 0 aliphatic carbocycles. The number of rotatable bonds is 5. The number of hydrogen-bond acceptors (Lipinski definition) is 4. The molecule has 0 atom stereocenters. The Morgan fingerprint density at radius 3 is 2.67 bits per heavy atom. The van der Waals surface area contributed by atoms with Crippen LogP contribution in [-0.4, -0.2) is 31.9 Å². The first-order valence-electron chi connectivity index (χ1n) is 5.29. The van der Waals surface area contributed by atoms with E-state index in [2.05, 4.69) is 15.0 Å². The van der Waals surface area contributed by atoms with Gasteiger partial charge in [-0.05, 0) is 13.8 Å². The van der Waals surface area contributed by atoms with E-state index in [1.807, 2.05) is 0 Å². The predicted molar refractivity (Wildman–Crippen MR) is 65.5 cm³/mol. The Hall–Kier alpha value is -1.67. The lowest BCUT2D eigenvalue weighted by atomic mass is 10.4. The molecule has 1 heterocycles. The second-order valence-corrected chi connectivity index (χ2v) is 5.65. The maximum absolute atomic E-state index is 11.7. The van der Waals surface area contributed by atoms with Crippen LogP contribution in [0.15, 0.2) is 28.2 Å². The number of aromatic nitrogens is 1. The maximum atomic E-state index is 11.7. The van der Waals surface area contributed by atoms with Gasteiger partial charge < -0.3 is 10.3 Å². The van der Waals surface area contributed by atoms with Crippen LogP contribution in [0, 0.1) is 0 Å². The van der Waals surface area contributed by atoms with Crippen molar-refractivity contribution in [3.63, 3.8) is 0 Å². The predicted octanol–water partition coefficient (Wildman–Crippen LogP) is -0.822. The van der Waals surface area contributed by atoms with Crippen LogP contribution in [0.1, 0.15) is 13.8 Å². The third-order valence-corrected chi connectivity index (χ3v) is 3.37. The van der Waals surface area contributed by atoms with Crippen molar-refractivity contribution < 1.29 is 13.2 Å². The van der Waals surface area contributed by atoms with Crippen LogP contribution in [-0.2, 0) is 14.8 Å². The van der Waals surface area contributed by atoms with Gasteiger partial charge in [0, 0.05) is 24.5 Å². The average Bonchev–Trinajstić information content (AvgIpc) is 2.26. The van der Waals surface area contributed by atoms with Crippen molar-refractivity contribution in [1.29, 1.82) is 0 Å². The van der Waals surface area contributed by atoms with Crippen molar-refractivity contribution >= 4 is 15.9 Å². The molecule has 1 aromatic rings. The van der Waals surface area contributed by atoms with E-state index in [1.54, 1.807) is 13.8 Å². The summed E-state index contributed by atoms with van der Waals surface area (Å²) in [4.78, 5) is 24.7. The number of aromatic amines is 1. The number of H-pyrrole nitrogens is 1. The SMILES string of the molecule is CC(C)NC(=O)CNS(=O)(=O)c1c[nH]ccc1=O. The molecular weight excluding hydrogens is 258 g/mol. The summed E-state index contributed by atoms with van der Waals surface area (Å²) in [6.07, 6.45) is 2.40. The maximum Gasteiger partial charge on any atom is 0.246 e. The largest absolute Gasteiger partial charge is 0.366 e. The van der Waals surface area contributed by atoms with Gasteiger partial charge in [-0.1, -0.05) is 0 Å². The minimum absolute atomic E-state index is 0.0814. The van der Waals surface area contributed by atoms with Crippen molar-refractivity contribution in [2.24, 2.45) is 0 Å². The van der Waals surface area contributed by atoms with E-state index in [0.717, 1.165) is 12.3 Å². The van der Waals surface area contributed by atoms with E-state index in [0.29, 0.717) is 0 Å². The Bertz CT molecular complexity index is 577. The third kappa shape index (κ3) is 3.97. The van der Waals surface area contributed by atoms with Gasteiger partial charge in [0.05, 0.1) is 6.54 Å². The van der Waals surface area contributed by atoms with Crippen molar-refractivity contribution in [2.45, 2.75) is 24.8 Å². The summed E-state index contributed by atoms with van der Waals surface area (Å²) < 4.78 is 25.5. The van der Waals surface area contributed by atoms with Gasteiger partial charge in [0.15, 0.2) is 0 Å². The molecule has 1 rings (SSSR count). The minimum atomic E-state index is -3.98. The fourth-order valence-corrected chi connectivity index (χ4v) is 2.25. The second-order valence-electron chi connectivity index (χ2n) is 3.92. The molecule has 0 spiro atoms. The molecule has 0 saturated carbocycles.